The Hall–Kier alpha value is -3.55. The Morgan fingerprint density at radius 1 is 1.21 bits per heavy atom. The van der Waals surface area contributed by atoms with Crippen LogP contribution in [0.25, 0.3) is 16.8 Å². The van der Waals surface area contributed by atoms with Gasteiger partial charge >= 0.3 is 0 Å². The third-order valence-corrected chi connectivity index (χ3v) is 3.48. The molecule has 1 amide bonds. The number of hydrogen-bond acceptors (Lipinski definition) is 6. The van der Waals surface area contributed by atoms with E-state index in [1.165, 1.54) is 17.3 Å². The van der Waals surface area contributed by atoms with Crippen LogP contribution in [0.1, 0.15) is 5.69 Å². The summed E-state index contributed by atoms with van der Waals surface area (Å²) < 4.78 is 6.71. The number of hydrogen-bond donors (Lipinski definition) is 1. The highest BCUT2D eigenvalue weighted by Crippen LogP contribution is 2.20. The topological polar surface area (TPSA) is 98.7 Å². The number of para-hydroxylation sites is 1. The molecule has 0 saturated heterocycles. The van der Waals surface area contributed by atoms with Gasteiger partial charge in [0.1, 0.15) is 18.3 Å². The maximum absolute atomic E-state index is 12.4. The van der Waals surface area contributed by atoms with Gasteiger partial charge in [0.2, 0.25) is 5.91 Å². The Morgan fingerprint density at radius 3 is 3.00 bits per heavy atom. The molecule has 1 aromatic carbocycles. The lowest BCUT2D eigenvalue weighted by Gasteiger charge is -2.08. The zero-order chi connectivity index (χ0) is 16.4. The average Bonchev–Trinajstić information content (AvgIpc) is 3.26. The molecule has 4 rings (SSSR count). The molecule has 0 unspecified atom stereocenters. The third kappa shape index (κ3) is 2.60. The molecule has 8 nitrogen and oxygen atoms in total. The van der Waals surface area contributed by atoms with Crippen molar-refractivity contribution in [1.29, 1.82) is 0 Å². The van der Waals surface area contributed by atoms with E-state index >= 15 is 0 Å². The first-order valence-electron chi connectivity index (χ1n) is 7.24. The fourth-order valence-electron chi connectivity index (χ4n) is 2.41. The first-order valence-corrected chi connectivity index (χ1v) is 7.24. The zero-order valence-corrected chi connectivity index (χ0v) is 12.5. The maximum Gasteiger partial charge on any atom is 0.230 e. The van der Waals surface area contributed by atoms with E-state index in [0.29, 0.717) is 22.8 Å². The van der Waals surface area contributed by atoms with Gasteiger partial charge < -0.3 is 9.84 Å². The maximum atomic E-state index is 12.4. The zero-order valence-electron chi connectivity index (χ0n) is 12.5. The van der Waals surface area contributed by atoms with E-state index in [-0.39, 0.29) is 12.3 Å². The highest BCUT2D eigenvalue weighted by molar-refractivity contribution is 5.95. The highest BCUT2D eigenvalue weighted by atomic mass is 16.5. The highest BCUT2D eigenvalue weighted by Gasteiger charge is 2.14. The molecule has 8 heteroatoms. The van der Waals surface area contributed by atoms with Crippen molar-refractivity contribution in [2.24, 2.45) is 0 Å². The van der Waals surface area contributed by atoms with Crippen LogP contribution in [-0.2, 0) is 11.2 Å². The molecule has 24 heavy (non-hydrogen) atoms. The van der Waals surface area contributed by atoms with Gasteiger partial charge in [0.05, 0.1) is 12.1 Å². The number of rotatable bonds is 4. The number of amides is 1. The molecule has 0 saturated carbocycles. The van der Waals surface area contributed by atoms with Gasteiger partial charge in [-0.25, -0.2) is 14.6 Å². The van der Waals surface area contributed by atoms with Gasteiger partial charge in [-0.1, -0.05) is 17.3 Å². The molecule has 0 aliphatic heterocycles. The first kappa shape index (κ1) is 14.1. The van der Waals surface area contributed by atoms with Crippen molar-refractivity contribution in [3.05, 3.63) is 60.9 Å². The van der Waals surface area contributed by atoms with Crippen molar-refractivity contribution in [3.8, 4) is 5.82 Å². The van der Waals surface area contributed by atoms with Crippen molar-refractivity contribution < 1.29 is 9.32 Å². The number of benzene rings is 1. The molecule has 0 atom stereocenters. The summed E-state index contributed by atoms with van der Waals surface area (Å²) >= 11 is 0. The summed E-state index contributed by atoms with van der Waals surface area (Å²) in [5, 5.41) is 11.7. The van der Waals surface area contributed by atoms with Crippen LogP contribution >= 0.6 is 0 Å². The summed E-state index contributed by atoms with van der Waals surface area (Å²) in [6, 6.07) is 10.9. The average molecular weight is 320 g/mol. The van der Waals surface area contributed by atoms with Gasteiger partial charge in [-0.2, -0.15) is 5.10 Å². The predicted octanol–water partition coefficient (Wildman–Crippen LogP) is 1.98. The van der Waals surface area contributed by atoms with Crippen LogP contribution in [0, 0.1) is 0 Å². The van der Waals surface area contributed by atoms with Crippen molar-refractivity contribution >= 4 is 22.6 Å². The molecule has 3 aromatic heterocycles. The summed E-state index contributed by atoms with van der Waals surface area (Å²) in [6.45, 7) is 0. The SMILES string of the molecule is O=C(Cc1noc2ccccc12)Nc1cccnc1-n1cncn1. The molecule has 4 aromatic rings. The Balaban J connectivity index is 1.57. The fraction of sp³-hybridized carbons (Fsp3) is 0.0625. The van der Waals surface area contributed by atoms with Gasteiger partial charge in [-0.3, -0.25) is 4.79 Å². The minimum Gasteiger partial charge on any atom is -0.356 e. The van der Waals surface area contributed by atoms with E-state index in [0.717, 1.165) is 5.39 Å². The largest absolute Gasteiger partial charge is 0.356 e. The Labute approximate surface area is 136 Å². The van der Waals surface area contributed by atoms with Gasteiger partial charge in [-0.05, 0) is 24.3 Å². The smallest absolute Gasteiger partial charge is 0.230 e. The molecular formula is C16H12N6O2. The minimum atomic E-state index is -0.219. The van der Waals surface area contributed by atoms with Crippen LogP contribution < -0.4 is 5.32 Å². The van der Waals surface area contributed by atoms with Crippen LogP contribution in [0.3, 0.4) is 0 Å². The van der Waals surface area contributed by atoms with Gasteiger partial charge in [0.25, 0.3) is 0 Å². The Morgan fingerprint density at radius 2 is 2.12 bits per heavy atom. The van der Waals surface area contributed by atoms with Crippen LogP contribution in [0.4, 0.5) is 5.69 Å². The molecule has 0 fully saturated rings. The quantitative estimate of drug-likeness (QED) is 0.617. The molecule has 0 bridgehead atoms. The standard InChI is InChI=1S/C16H12N6O2/c23-15(8-13-11-4-1-2-6-14(11)24-21-13)20-12-5-3-7-18-16(12)22-10-17-9-19-22/h1-7,9-10H,8H2,(H,20,23). The summed E-state index contributed by atoms with van der Waals surface area (Å²) in [5.74, 6) is 0.275. The van der Waals surface area contributed by atoms with E-state index in [1.54, 1.807) is 18.3 Å². The van der Waals surface area contributed by atoms with Gasteiger partial charge in [0, 0.05) is 11.6 Å². The second-order valence-corrected chi connectivity index (χ2v) is 5.07. The van der Waals surface area contributed by atoms with Crippen LogP contribution in [0.2, 0.25) is 0 Å². The third-order valence-electron chi connectivity index (χ3n) is 3.48. The number of fused-ring (bicyclic) bond motifs is 1. The molecule has 0 spiro atoms. The van der Waals surface area contributed by atoms with E-state index in [9.17, 15) is 4.79 Å². The summed E-state index contributed by atoms with van der Waals surface area (Å²) in [5.41, 5.74) is 1.79. The van der Waals surface area contributed by atoms with E-state index in [2.05, 4.69) is 25.5 Å². The predicted molar refractivity (Wildman–Crippen MR) is 85.5 cm³/mol. The number of pyridine rings is 1. The first-order chi connectivity index (χ1) is 11.8. The second-order valence-electron chi connectivity index (χ2n) is 5.07. The minimum absolute atomic E-state index is 0.0999. The summed E-state index contributed by atoms with van der Waals surface area (Å²) in [6.07, 6.45) is 4.64. The van der Waals surface area contributed by atoms with Crippen molar-refractivity contribution in [1.82, 2.24) is 24.9 Å². The van der Waals surface area contributed by atoms with Gasteiger partial charge in [0.15, 0.2) is 11.4 Å². The molecule has 3 heterocycles. The van der Waals surface area contributed by atoms with Crippen molar-refractivity contribution in [3.63, 3.8) is 0 Å². The molecular weight excluding hydrogens is 308 g/mol. The number of aromatic nitrogens is 5. The summed E-state index contributed by atoms with van der Waals surface area (Å²) in [4.78, 5) is 20.5. The second kappa shape index (κ2) is 5.92. The van der Waals surface area contributed by atoms with Crippen LogP contribution in [0.5, 0.6) is 0 Å². The number of carbonyl (C=O) groups excluding carboxylic acids is 1. The van der Waals surface area contributed by atoms with Crippen molar-refractivity contribution in [2.45, 2.75) is 6.42 Å². The normalized spacial score (nSPS) is 10.8. The molecule has 118 valence electrons. The van der Waals surface area contributed by atoms with Crippen LogP contribution in [-0.4, -0.2) is 30.8 Å². The lowest BCUT2D eigenvalue weighted by Crippen LogP contribution is -2.17. The Bertz CT molecular complexity index is 993. The molecule has 0 aliphatic carbocycles. The Kier molecular flexibility index (Phi) is 3.47. The van der Waals surface area contributed by atoms with Crippen molar-refractivity contribution in [2.75, 3.05) is 5.32 Å². The monoisotopic (exact) mass is 320 g/mol. The molecule has 0 radical (unpaired) electrons. The van der Waals surface area contributed by atoms with Gasteiger partial charge in [-0.15, -0.1) is 0 Å². The number of carbonyl (C=O) groups is 1. The molecule has 0 aliphatic rings. The van der Waals surface area contributed by atoms with E-state index < -0.39 is 0 Å². The number of nitrogens with zero attached hydrogens (tertiary/aromatic N) is 5. The summed E-state index contributed by atoms with van der Waals surface area (Å²) in [7, 11) is 0. The fourth-order valence-corrected chi connectivity index (χ4v) is 2.41. The molecule has 1 N–H and O–H groups in total. The lowest BCUT2D eigenvalue weighted by molar-refractivity contribution is -0.115. The lowest BCUT2D eigenvalue weighted by atomic mass is 10.1. The van der Waals surface area contributed by atoms with E-state index in [1.807, 2.05) is 24.3 Å². The number of nitrogens with one attached hydrogen (secondary N) is 1. The van der Waals surface area contributed by atoms with Crippen LogP contribution in [0.15, 0.2) is 59.8 Å². The number of anilines is 1. The van der Waals surface area contributed by atoms with E-state index in [4.69, 9.17) is 4.52 Å².